The molecule has 0 saturated carbocycles. The van der Waals surface area contributed by atoms with Crippen molar-refractivity contribution in [3.05, 3.63) is 45.8 Å². The number of ether oxygens (including phenoxy) is 1. The van der Waals surface area contributed by atoms with E-state index in [1.54, 1.807) is 0 Å². The average Bonchev–Trinajstić information content (AvgIpc) is 2.52. The fourth-order valence-corrected chi connectivity index (χ4v) is 2.29. The second-order valence-electron chi connectivity index (χ2n) is 5.86. The molecular weight excluding hydrogens is 278 g/mol. The van der Waals surface area contributed by atoms with Gasteiger partial charge >= 0.3 is 5.97 Å². The summed E-state index contributed by atoms with van der Waals surface area (Å²) in [5, 5.41) is 3.91. The van der Waals surface area contributed by atoms with Gasteiger partial charge in [-0.2, -0.15) is 0 Å². The van der Waals surface area contributed by atoms with Crippen LogP contribution in [0.1, 0.15) is 56.7 Å². The molecule has 0 heterocycles. The Hall–Kier alpha value is -2.00. The molecule has 0 spiro atoms. The molecule has 120 valence electrons. The van der Waals surface area contributed by atoms with Gasteiger partial charge in [0.2, 0.25) is 0 Å². The number of benzene rings is 1. The second kappa shape index (κ2) is 9.85. The van der Waals surface area contributed by atoms with Crippen LogP contribution in [0.5, 0.6) is 0 Å². The van der Waals surface area contributed by atoms with Crippen molar-refractivity contribution < 1.29 is 9.53 Å². The number of hydrogen-bond donors (Lipinski definition) is 0. The third kappa shape index (κ3) is 6.64. The molecule has 0 aromatic heterocycles. The van der Waals surface area contributed by atoms with E-state index < -0.39 is 0 Å². The number of hydrogen-bond acceptors (Lipinski definition) is 3. The number of rotatable bonds is 9. The third-order valence-electron chi connectivity index (χ3n) is 3.65. The van der Waals surface area contributed by atoms with E-state index in [2.05, 4.69) is 28.6 Å². The molecule has 0 N–H and O–H groups in total. The first kappa shape index (κ1) is 18.1. The van der Waals surface area contributed by atoms with Gasteiger partial charge in [0.1, 0.15) is 0 Å². The average molecular weight is 303 g/mol. The van der Waals surface area contributed by atoms with E-state index >= 15 is 0 Å². The highest BCUT2D eigenvalue weighted by Gasteiger charge is 2.10. The summed E-state index contributed by atoms with van der Waals surface area (Å²) in [7, 11) is 1.41. The molecule has 0 bridgehead atoms. The minimum Gasteiger partial charge on any atom is -0.469 e. The molecule has 22 heavy (non-hydrogen) atoms. The maximum absolute atomic E-state index is 11.1. The van der Waals surface area contributed by atoms with Crippen molar-refractivity contribution in [2.45, 2.75) is 52.0 Å². The van der Waals surface area contributed by atoms with E-state index in [1.807, 2.05) is 24.3 Å². The molecule has 0 aliphatic rings. The lowest BCUT2D eigenvalue weighted by Gasteiger charge is -2.13. The highest BCUT2D eigenvalue weighted by Crippen LogP contribution is 2.25. The molecule has 0 radical (unpaired) electrons. The zero-order valence-electron chi connectivity index (χ0n) is 13.7. The SMILES string of the molecule is COC(=O)CCCc1ccc(C(CCC(C)C)N=[N+]=[N-])cc1. The molecule has 0 aliphatic carbocycles. The predicted octanol–water partition coefficient (Wildman–Crippen LogP) is 4.97. The fraction of sp³-hybridized carbons (Fsp3) is 0.588. The van der Waals surface area contributed by atoms with Crippen molar-refractivity contribution in [1.82, 2.24) is 0 Å². The molecule has 1 unspecified atom stereocenters. The largest absolute Gasteiger partial charge is 0.469 e. The van der Waals surface area contributed by atoms with Gasteiger partial charge in [-0.1, -0.05) is 49.6 Å². The van der Waals surface area contributed by atoms with Crippen molar-refractivity contribution in [3.8, 4) is 0 Å². The number of carbonyl (C=O) groups is 1. The van der Waals surface area contributed by atoms with Crippen LogP contribution < -0.4 is 0 Å². The first-order valence-corrected chi connectivity index (χ1v) is 7.76. The quantitative estimate of drug-likeness (QED) is 0.279. The van der Waals surface area contributed by atoms with E-state index in [0.717, 1.165) is 31.2 Å². The van der Waals surface area contributed by atoms with Gasteiger partial charge in [-0.05, 0) is 41.8 Å². The smallest absolute Gasteiger partial charge is 0.305 e. The Morgan fingerprint density at radius 1 is 1.27 bits per heavy atom. The molecule has 1 aromatic rings. The summed E-state index contributed by atoms with van der Waals surface area (Å²) < 4.78 is 4.63. The van der Waals surface area contributed by atoms with Crippen molar-refractivity contribution in [2.24, 2.45) is 11.0 Å². The summed E-state index contributed by atoms with van der Waals surface area (Å²) in [5.74, 6) is 0.419. The zero-order chi connectivity index (χ0) is 16.4. The first-order valence-electron chi connectivity index (χ1n) is 7.76. The number of aryl methyl sites for hydroxylation is 1. The van der Waals surface area contributed by atoms with Crippen LogP contribution in [-0.2, 0) is 16.0 Å². The van der Waals surface area contributed by atoms with Crippen LogP contribution in [0.2, 0.25) is 0 Å². The summed E-state index contributed by atoms with van der Waals surface area (Å²) in [5.41, 5.74) is 11.0. The molecule has 0 fully saturated rings. The molecule has 1 rings (SSSR count). The normalized spacial score (nSPS) is 11.8. The molecule has 1 aromatic carbocycles. The van der Waals surface area contributed by atoms with Gasteiger partial charge in [0.05, 0.1) is 13.2 Å². The van der Waals surface area contributed by atoms with Gasteiger partial charge in [-0.25, -0.2) is 0 Å². The topological polar surface area (TPSA) is 75.1 Å². The Bertz CT molecular complexity index is 505. The lowest BCUT2D eigenvalue weighted by Crippen LogP contribution is -2.01. The predicted molar refractivity (Wildman–Crippen MR) is 87.4 cm³/mol. The minimum atomic E-state index is -0.172. The van der Waals surface area contributed by atoms with E-state index in [9.17, 15) is 4.79 Å². The number of methoxy groups -OCH3 is 1. The lowest BCUT2D eigenvalue weighted by atomic mass is 9.97. The number of carbonyl (C=O) groups excluding carboxylic acids is 1. The fourth-order valence-electron chi connectivity index (χ4n) is 2.29. The molecule has 0 amide bonds. The van der Waals surface area contributed by atoms with E-state index in [0.29, 0.717) is 12.3 Å². The number of nitrogens with zero attached hydrogens (tertiary/aromatic N) is 3. The summed E-state index contributed by atoms with van der Waals surface area (Å²) in [6.07, 6.45) is 3.95. The van der Waals surface area contributed by atoms with Crippen LogP contribution in [0.25, 0.3) is 10.4 Å². The van der Waals surface area contributed by atoms with Crippen LogP contribution in [0.15, 0.2) is 29.4 Å². The summed E-state index contributed by atoms with van der Waals surface area (Å²) in [6, 6.07) is 8.03. The second-order valence-corrected chi connectivity index (χ2v) is 5.86. The van der Waals surface area contributed by atoms with Crippen LogP contribution in [0, 0.1) is 5.92 Å². The van der Waals surface area contributed by atoms with Crippen molar-refractivity contribution in [1.29, 1.82) is 0 Å². The zero-order valence-corrected chi connectivity index (χ0v) is 13.7. The first-order chi connectivity index (χ1) is 10.6. The van der Waals surface area contributed by atoms with Gasteiger partial charge in [-0.3, -0.25) is 4.79 Å². The minimum absolute atomic E-state index is 0.100. The standard InChI is InChI=1S/C17H25N3O2/c1-13(2)7-12-16(19-20-18)15-10-8-14(9-11-15)5-4-6-17(21)22-3/h8-11,13,16H,4-7,12H2,1-3H3. The Balaban J connectivity index is 2.60. The highest BCUT2D eigenvalue weighted by molar-refractivity contribution is 5.69. The van der Waals surface area contributed by atoms with Gasteiger partial charge in [-0.15, -0.1) is 0 Å². The van der Waals surface area contributed by atoms with E-state index in [4.69, 9.17) is 5.53 Å². The molecule has 0 saturated heterocycles. The van der Waals surface area contributed by atoms with Crippen LogP contribution in [-0.4, -0.2) is 13.1 Å². The Kier molecular flexibility index (Phi) is 8.08. The number of esters is 1. The van der Waals surface area contributed by atoms with Crippen molar-refractivity contribution in [2.75, 3.05) is 7.11 Å². The van der Waals surface area contributed by atoms with Crippen molar-refractivity contribution in [3.63, 3.8) is 0 Å². The van der Waals surface area contributed by atoms with Gasteiger partial charge in [0, 0.05) is 11.3 Å². The Morgan fingerprint density at radius 3 is 2.50 bits per heavy atom. The van der Waals surface area contributed by atoms with Crippen LogP contribution >= 0.6 is 0 Å². The monoisotopic (exact) mass is 303 g/mol. The highest BCUT2D eigenvalue weighted by atomic mass is 16.5. The summed E-state index contributed by atoms with van der Waals surface area (Å²) >= 11 is 0. The summed E-state index contributed by atoms with van der Waals surface area (Å²) in [6.45, 7) is 4.33. The maximum Gasteiger partial charge on any atom is 0.305 e. The van der Waals surface area contributed by atoms with Crippen molar-refractivity contribution >= 4 is 5.97 Å². The number of azide groups is 1. The lowest BCUT2D eigenvalue weighted by molar-refractivity contribution is -0.140. The molecule has 0 aliphatic heterocycles. The molecule has 1 atom stereocenters. The van der Waals surface area contributed by atoms with E-state index in [-0.39, 0.29) is 12.0 Å². The molecular formula is C17H25N3O2. The molecule has 5 nitrogen and oxygen atoms in total. The van der Waals surface area contributed by atoms with Gasteiger partial charge in [0.15, 0.2) is 0 Å². The maximum atomic E-state index is 11.1. The third-order valence-corrected chi connectivity index (χ3v) is 3.65. The summed E-state index contributed by atoms with van der Waals surface area (Å²) in [4.78, 5) is 14.0. The van der Waals surface area contributed by atoms with Crippen LogP contribution in [0.3, 0.4) is 0 Å². The van der Waals surface area contributed by atoms with Gasteiger partial charge in [0.25, 0.3) is 0 Å². The Morgan fingerprint density at radius 2 is 1.95 bits per heavy atom. The Labute approximate surface area is 132 Å². The van der Waals surface area contributed by atoms with Gasteiger partial charge < -0.3 is 4.74 Å². The van der Waals surface area contributed by atoms with E-state index in [1.165, 1.54) is 12.7 Å². The van der Waals surface area contributed by atoms with Crippen LogP contribution in [0.4, 0.5) is 0 Å². The molecule has 5 heteroatoms.